The number of nitrogens with one attached hydrogen (secondary N) is 1. The molecular formula is C21H26N4O3. The van der Waals surface area contributed by atoms with Gasteiger partial charge in [-0.15, -0.1) is 0 Å². The molecule has 1 fully saturated rings. The number of rotatable bonds is 5. The molecule has 2 amide bonds. The first-order valence-corrected chi connectivity index (χ1v) is 10.0. The summed E-state index contributed by atoms with van der Waals surface area (Å²) >= 11 is 0. The van der Waals surface area contributed by atoms with Gasteiger partial charge in [0.2, 0.25) is 5.82 Å². The molecular weight excluding hydrogens is 356 g/mol. The van der Waals surface area contributed by atoms with E-state index in [1.807, 2.05) is 18.2 Å². The van der Waals surface area contributed by atoms with E-state index in [9.17, 15) is 9.59 Å². The molecule has 2 aliphatic rings. The van der Waals surface area contributed by atoms with Crippen molar-refractivity contribution in [2.75, 3.05) is 32.8 Å². The molecule has 0 unspecified atom stereocenters. The van der Waals surface area contributed by atoms with Crippen LogP contribution in [0, 0.1) is 0 Å². The molecule has 0 atom stereocenters. The molecule has 28 heavy (non-hydrogen) atoms. The Balaban J connectivity index is 1.51. The Bertz CT molecular complexity index is 896. The first-order valence-electron chi connectivity index (χ1n) is 10.0. The maximum atomic E-state index is 12.9. The van der Waals surface area contributed by atoms with E-state index in [1.165, 1.54) is 18.4 Å². The van der Waals surface area contributed by atoms with E-state index in [1.54, 1.807) is 15.5 Å². The normalized spacial score (nSPS) is 17.4. The highest BCUT2D eigenvalue weighted by Gasteiger charge is 2.26. The first kappa shape index (κ1) is 18.7. The lowest BCUT2D eigenvalue weighted by molar-refractivity contribution is 0.0300. The number of aromatic nitrogens is 2. The van der Waals surface area contributed by atoms with Crippen LogP contribution in [0.2, 0.25) is 0 Å². The fourth-order valence-corrected chi connectivity index (χ4v) is 3.82. The summed E-state index contributed by atoms with van der Waals surface area (Å²) in [5.74, 6) is -0.151. The van der Waals surface area contributed by atoms with Crippen LogP contribution in [0.15, 0.2) is 36.0 Å². The molecule has 7 heteroatoms. The third kappa shape index (κ3) is 3.94. The fourth-order valence-electron chi connectivity index (χ4n) is 3.82. The van der Waals surface area contributed by atoms with Crippen LogP contribution in [0.3, 0.4) is 0 Å². The van der Waals surface area contributed by atoms with E-state index in [-0.39, 0.29) is 17.6 Å². The molecule has 0 aromatic carbocycles. The zero-order valence-electron chi connectivity index (χ0n) is 16.0. The summed E-state index contributed by atoms with van der Waals surface area (Å²) < 4.78 is 7.02. The number of nitrogens with zero attached hydrogens (tertiary/aromatic N) is 3. The summed E-state index contributed by atoms with van der Waals surface area (Å²) in [6, 6.07) is 5.51. The minimum absolute atomic E-state index is 0.154. The molecule has 2 aromatic heterocycles. The number of carbonyl (C=O) groups is 2. The van der Waals surface area contributed by atoms with Gasteiger partial charge >= 0.3 is 0 Å². The molecule has 1 N–H and O–H groups in total. The topological polar surface area (TPSA) is 75.9 Å². The quantitative estimate of drug-likeness (QED) is 0.806. The number of morpholine rings is 1. The second-order valence-corrected chi connectivity index (χ2v) is 7.26. The number of amides is 2. The molecule has 1 aliphatic carbocycles. The van der Waals surface area contributed by atoms with Gasteiger partial charge in [0.05, 0.1) is 18.7 Å². The third-order valence-corrected chi connectivity index (χ3v) is 5.37. The SMILES string of the molecule is O=C(NCCC1=CCCCC1)c1nc(C(=O)N2CCOCC2)c2ccccn12. The van der Waals surface area contributed by atoms with Crippen LogP contribution in [0.1, 0.15) is 53.2 Å². The van der Waals surface area contributed by atoms with Gasteiger partial charge in [-0.05, 0) is 44.2 Å². The Labute approximate surface area is 164 Å². The van der Waals surface area contributed by atoms with Crippen LogP contribution in [-0.2, 0) is 4.74 Å². The minimum atomic E-state index is -0.251. The molecule has 1 aliphatic heterocycles. The highest BCUT2D eigenvalue weighted by molar-refractivity contribution is 6.02. The summed E-state index contributed by atoms with van der Waals surface area (Å²) in [6.45, 7) is 2.73. The molecule has 0 radical (unpaired) electrons. The third-order valence-electron chi connectivity index (χ3n) is 5.37. The number of allylic oxidation sites excluding steroid dienone is 1. The van der Waals surface area contributed by atoms with E-state index in [0.717, 1.165) is 19.3 Å². The number of hydrogen-bond acceptors (Lipinski definition) is 4. The van der Waals surface area contributed by atoms with Gasteiger partial charge in [-0.3, -0.25) is 14.0 Å². The molecule has 0 spiro atoms. The summed E-state index contributed by atoms with van der Waals surface area (Å²) in [6.07, 6.45) is 9.69. The lowest BCUT2D eigenvalue weighted by Gasteiger charge is -2.26. The van der Waals surface area contributed by atoms with E-state index in [4.69, 9.17) is 4.74 Å². The van der Waals surface area contributed by atoms with Crippen LogP contribution in [-0.4, -0.2) is 58.9 Å². The number of imidazole rings is 1. The predicted octanol–water partition coefficient (Wildman–Crippen LogP) is 2.43. The number of fused-ring (bicyclic) bond motifs is 1. The van der Waals surface area contributed by atoms with Gasteiger partial charge < -0.3 is 15.0 Å². The van der Waals surface area contributed by atoms with E-state index in [0.29, 0.717) is 44.1 Å². The van der Waals surface area contributed by atoms with Crippen molar-refractivity contribution in [3.05, 3.63) is 47.6 Å². The predicted molar refractivity (Wildman–Crippen MR) is 105 cm³/mol. The monoisotopic (exact) mass is 382 g/mol. The van der Waals surface area contributed by atoms with E-state index in [2.05, 4.69) is 16.4 Å². The maximum Gasteiger partial charge on any atom is 0.287 e. The fraction of sp³-hybridized carbons (Fsp3) is 0.476. The van der Waals surface area contributed by atoms with Crippen LogP contribution < -0.4 is 5.32 Å². The van der Waals surface area contributed by atoms with Crippen LogP contribution in [0.25, 0.3) is 5.52 Å². The number of carbonyl (C=O) groups excluding carboxylic acids is 2. The van der Waals surface area contributed by atoms with Crippen molar-refractivity contribution < 1.29 is 14.3 Å². The highest BCUT2D eigenvalue weighted by atomic mass is 16.5. The van der Waals surface area contributed by atoms with E-state index >= 15 is 0 Å². The highest BCUT2D eigenvalue weighted by Crippen LogP contribution is 2.20. The second kappa shape index (κ2) is 8.56. The van der Waals surface area contributed by atoms with Crippen molar-refractivity contribution in [1.82, 2.24) is 19.6 Å². The average Bonchev–Trinajstić information content (AvgIpc) is 3.14. The van der Waals surface area contributed by atoms with Gasteiger partial charge in [-0.1, -0.05) is 17.7 Å². The largest absolute Gasteiger partial charge is 0.378 e. The molecule has 148 valence electrons. The maximum absolute atomic E-state index is 12.9. The van der Waals surface area contributed by atoms with Gasteiger partial charge in [0.15, 0.2) is 5.69 Å². The zero-order valence-corrected chi connectivity index (χ0v) is 16.0. The molecule has 1 saturated heterocycles. The summed E-state index contributed by atoms with van der Waals surface area (Å²) in [5.41, 5.74) is 2.39. The van der Waals surface area contributed by atoms with Crippen molar-refractivity contribution in [3.63, 3.8) is 0 Å². The first-order chi connectivity index (χ1) is 13.7. The number of ether oxygens (including phenoxy) is 1. The van der Waals surface area contributed by atoms with Crippen molar-refractivity contribution in [1.29, 1.82) is 0 Å². The summed E-state index contributed by atoms with van der Waals surface area (Å²) in [4.78, 5) is 31.8. The van der Waals surface area contributed by atoms with Crippen molar-refractivity contribution >= 4 is 17.3 Å². The average molecular weight is 382 g/mol. The Kier molecular flexibility index (Phi) is 5.71. The molecule has 2 aromatic rings. The van der Waals surface area contributed by atoms with Crippen molar-refractivity contribution in [3.8, 4) is 0 Å². The summed E-state index contributed by atoms with van der Waals surface area (Å²) in [5, 5.41) is 2.96. The van der Waals surface area contributed by atoms with Crippen molar-refractivity contribution in [2.24, 2.45) is 0 Å². The van der Waals surface area contributed by atoms with Gasteiger partial charge in [-0.2, -0.15) is 0 Å². The van der Waals surface area contributed by atoms with Crippen LogP contribution in [0.4, 0.5) is 0 Å². The van der Waals surface area contributed by atoms with Gasteiger partial charge in [0.1, 0.15) is 0 Å². The van der Waals surface area contributed by atoms with Gasteiger partial charge in [-0.25, -0.2) is 4.98 Å². The number of hydrogen-bond donors (Lipinski definition) is 1. The van der Waals surface area contributed by atoms with Crippen LogP contribution in [0.5, 0.6) is 0 Å². The second-order valence-electron chi connectivity index (χ2n) is 7.26. The van der Waals surface area contributed by atoms with Gasteiger partial charge in [0.25, 0.3) is 11.8 Å². The van der Waals surface area contributed by atoms with Crippen LogP contribution >= 0.6 is 0 Å². The van der Waals surface area contributed by atoms with E-state index < -0.39 is 0 Å². The van der Waals surface area contributed by atoms with Gasteiger partial charge in [0, 0.05) is 25.8 Å². The molecule has 0 saturated carbocycles. The lowest BCUT2D eigenvalue weighted by Crippen LogP contribution is -2.41. The Morgan fingerprint density at radius 1 is 1.18 bits per heavy atom. The molecule has 0 bridgehead atoms. The lowest BCUT2D eigenvalue weighted by atomic mass is 9.97. The Morgan fingerprint density at radius 3 is 2.82 bits per heavy atom. The zero-order chi connectivity index (χ0) is 19.3. The Hall–Kier alpha value is -2.67. The molecule has 3 heterocycles. The number of pyridine rings is 1. The van der Waals surface area contributed by atoms with Crippen molar-refractivity contribution in [2.45, 2.75) is 32.1 Å². The Morgan fingerprint density at radius 2 is 2.04 bits per heavy atom. The smallest absolute Gasteiger partial charge is 0.287 e. The molecule has 7 nitrogen and oxygen atoms in total. The molecule has 4 rings (SSSR count). The summed E-state index contributed by atoms with van der Waals surface area (Å²) in [7, 11) is 0. The standard InChI is InChI=1S/C21H26N4O3/c26-20(22-10-9-16-6-2-1-3-7-16)19-23-18(17-8-4-5-11-25(17)19)21(27)24-12-14-28-15-13-24/h4-6,8,11H,1-3,7,9-10,12-15H2,(H,22,26). The minimum Gasteiger partial charge on any atom is -0.378 e.